The van der Waals surface area contributed by atoms with E-state index in [1.165, 1.54) is 0 Å². The van der Waals surface area contributed by atoms with Gasteiger partial charge in [0.15, 0.2) is 0 Å². The van der Waals surface area contributed by atoms with Gasteiger partial charge in [0.05, 0.1) is 5.69 Å². The molecule has 0 aromatic carbocycles. The molecule has 0 amide bonds. The van der Waals surface area contributed by atoms with E-state index in [1.807, 2.05) is 13.0 Å². The summed E-state index contributed by atoms with van der Waals surface area (Å²) in [6.07, 6.45) is 0. The zero-order valence-electron chi connectivity index (χ0n) is 11.2. The van der Waals surface area contributed by atoms with Gasteiger partial charge in [0.1, 0.15) is 0 Å². The Morgan fingerprint density at radius 2 is 2.00 bits per heavy atom. The van der Waals surface area contributed by atoms with Gasteiger partial charge in [0, 0.05) is 12.2 Å². The summed E-state index contributed by atoms with van der Waals surface area (Å²) in [5, 5.41) is 3.47. The van der Waals surface area contributed by atoms with E-state index in [4.69, 9.17) is 0 Å². The van der Waals surface area contributed by atoms with Crippen LogP contribution in [0, 0.1) is 18.3 Å². The van der Waals surface area contributed by atoms with Gasteiger partial charge >= 0.3 is 0 Å². The van der Waals surface area contributed by atoms with Crippen molar-refractivity contribution in [1.29, 1.82) is 0 Å². The summed E-state index contributed by atoms with van der Waals surface area (Å²) >= 11 is 0. The predicted molar refractivity (Wildman–Crippen MR) is 69.3 cm³/mol. The topological polar surface area (TPSA) is 24.9 Å². The summed E-state index contributed by atoms with van der Waals surface area (Å²) in [4.78, 5) is 4.47. The maximum absolute atomic E-state index is 4.47. The van der Waals surface area contributed by atoms with Gasteiger partial charge in [-0.3, -0.25) is 4.98 Å². The molecule has 16 heavy (non-hydrogen) atoms. The zero-order valence-corrected chi connectivity index (χ0v) is 11.2. The Hall–Kier alpha value is -0.890. The summed E-state index contributed by atoms with van der Waals surface area (Å²) in [5.41, 5.74) is 2.58. The highest BCUT2D eigenvalue weighted by molar-refractivity contribution is 5.09. The lowest BCUT2D eigenvalue weighted by Crippen LogP contribution is -2.29. The molecule has 0 aliphatic carbocycles. The minimum atomic E-state index is 0.368. The second-order valence-corrected chi connectivity index (χ2v) is 5.67. The normalized spacial score (nSPS) is 13.8. The van der Waals surface area contributed by atoms with E-state index in [2.05, 4.69) is 50.1 Å². The summed E-state index contributed by atoms with van der Waals surface area (Å²) in [6, 6.07) is 6.16. The monoisotopic (exact) mass is 220 g/mol. The molecule has 1 atom stereocenters. The highest BCUT2D eigenvalue weighted by atomic mass is 14.9. The van der Waals surface area contributed by atoms with Crippen LogP contribution in [0.25, 0.3) is 0 Å². The summed E-state index contributed by atoms with van der Waals surface area (Å²) < 4.78 is 0. The second-order valence-electron chi connectivity index (χ2n) is 5.67. The Morgan fingerprint density at radius 3 is 2.56 bits per heavy atom. The lowest BCUT2D eigenvalue weighted by Gasteiger charge is -2.27. The zero-order chi connectivity index (χ0) is 12.2. The average molecular weight is 220 g/mol. The first-order valence-corrected chi connectivity index (χ1v) is 6.03. The fraction of sp³-hybridized carbons (Fsp3) is 0.643. The van der Waals surface area contributed by atoms with Crippen molar-refractivity contribution in [3.05, 3.63) is 29.6 Å². The fourth-order valence-corrected chi connectivity index (χ4v) is 1.42. The summed E-state index contributed by atoms with van der Waals surface area (Å²) in [6.45, 7) is 13.1. The van der Waals surface area contributed by atoms with E-state index in [-0.39, 0.29) is 0 Å². The lowest BCUT2D eigenvalue weighted by molar-refractivity contribution is 0.252. The van der Waals surface area contributed by atoms with E-state index < -0.39 is 0 Å². The van der Waals surface area contributed by atoms with Gasteiger partial charge in [-0.1, -0.05) is 33.8 Å². The lowest BCUT2D eigenvalue weighted by atomic mass is 9.82. The molecule has 90 valence electrons. The molecule has 1 rings (SSSR count). The van der Waals surface area contributed by atoms with Crippen molar-refractivity contribution in [1.82, 2.24) is 10.3 Å². The molecule has 0 fully saturated rings. The Labute approximate surface area is 99.5 Å². The van der Waals surface area contributed by atoms with Crippen molar-refractivity contribution < 1.29 is 0 Å². The van der Waals surface area contributed by atoms with Crippen LogP contribution in [0.1, 0.15) is 39.1 Å². The van der Waals surface area contributed by atoms with Crippen molar-refractivity contribution in [3.63, 3.8) is 0 Å². The molecule has 0 spiro atoms. The van der Waals surface area contributed by atoms with Crippen LogP contribution in [-0.2, 0) is 6.54 Å². The summed E-state index contributed by atoms with van der Waals surface area (Å²) in [5.74, 6) is 0.664. The van der Waals surface area contributed by atoms with Crippen LogP contribution in [0.3, 0.4) is 0 Å². The van der Waals surface area contributed by atoms with Crippen LogP contribution in [0.2, 0.25) is 0 Å². The number of hydrogen-bond donors (Lipinski definition) is 1. The maximum Gasteiger partial charge on any atom is 0.0544 e. The first-order valence-electron chi connectivity index (χ1n) is 6.03. The third-order valence-corrected chi connectivity index (χ3v) is 3.18. The third kappa shape index (κ3) is 4.31. The second kappa shape index (κ2) is 5.44. The van der Waals surface area contributed by atoms with Crippen LogP contribution >= 0.6 is 0 Å². The molecular formula is C14H24N2. The number of pyridine rings is 1. The molecule has 1 unspecified atom stereocenters. The van der Waals surface area contributed by atoms with Crippen molar-refractivity contribution in [2.75, 3.05) is 6.54 Å². The Bertz CT molecular complexity index is 326. The molecule has 0 bridgehead atoms. The van der Waals surface area contributed by atoms with Crippen LogP contribution in [0.4, 0.5) is 0 Å². The van der Waals surface area contributed by atoms with E-state index >= 15 is 0 Å². The molecule has 1 aromatic rings. The smallest absolute Gasteiger partial charge is 0.0544 e. The van der Waals surface area contributed by atoms with Crippen molar-refractivity contribution in [3.8, 4) is 0 Å². The molecule has 0 aliphatic rings. The van der Waals surface area contributed by atoms with Gasteiger partial charge in [0.25, 0.3) is 0 Å². The molecule has 1 heterocycles. The molecule has 0 saturated carbocycles. The Morgan fingerprint density at radius 1 is 1.31 bits per heavy atom. The standard InChI is InChI=1S/C14H24N2/c1-11(14(3,4)5)9-15-10-13-8-6-7-12(2)16-13/h6-8,11,15H,9-10H2,1-5H3. The van der Waals surface area contributed by atoms with Crippen molar-refractivity contribution >= 4 is 0 Å². The van der Waals surface area contributed by atoms with E-state index in [0.717, 1.165) is 24.5 Å². The average Bonchev–Trinajstić information content (AvgIpc) is 2.16. The molecule has 0 radical (unpaired) electrons. The number of aromatic nitrogens is 1. The summed E-state index contributed by atoms with van der Waals surface area (Å²) in [7, 11) is 0. The molecule has 2 nitrogen and oxygen atoms in total. The molecule has 0 saturated heterocycles. The van der Waals surface area contributed by atoms with Crippen LogP contribution < -0.4 is 5.32 Å². The number of aryl methyl sites for hydroxylation is 1. The molecule has 1 N–H and O–H groups in total. The Kier molecular flexibility index (Phi) is 4.48. The van der Waals surface area contributed by atoms with Crippen molar-refractivity contribution in [2.45, 2.75) is 41.2 Å². The van der Waals surface area contributed by atoms with E-state index in [9.17, 15) is 0 Å². The highest BCUT2D eigenvalue weighted by Gasteiger charge is 2.19. The number of nitrogens with zero attached hydrogens (tertiary/aromatic N) is 1. The minimum Gasteiger partial charge on any atom is -0.311 e. The first-order chi connectivity index (χ1) is 7.39. The quantitative estimate of drug-likeness (QED) is 0.843. The van der Waals surface area contributed by atoms with Gasteiger partial charge in [0.2, 0.25) is 0 Å². The largest absolute Gasteiger partial charge is 0.311 e. The molecule has 2 heteroatoms. The number of rotatable bonds is 4. The van der Waals surface area contributed by atoms with Gasteiger partial charge in [-0.25, -0.2) is 0 Å². The fourth-order valence-electron chi connectivity index (χ4n) is 1.42. The third-order valence-electron chi connectivity index (χ3n) is 3.18. The highest BCUT2D eigenvalue weighted by Crippen LogP contribution is 2.24. The van der Waals surface area contributed by atoms with Crippen LogP contribution in [0.5, 0.6) is 0 Å². The predicted octanol–water partition coefficient (Wildman–Crippen LogP) is 3.16. The molecule has 0 aliphatic heterocycles. The van der Waals surface area contributed by atoms with Gasteiger partial charge < -0.3 is 5.32 Å². The van der Waals surface area contributed by atoms with Gasteiger partial charge in [-0.05, 0) is 36.9 Å². The first kappa shape index (κ1) is 13.2. The van der Waals surface area contributed by atoms with Crippen molar-refractivity contribution in [2.24, 2.45) is 11.3 Å². The van der Waals surface area contributed by atoms with E-state index in [0.29, 0.717) is 11.3 Å². The van der Waals surface area contributed by atoms with E-state index in [1.54, 1.807) is 0 Å². The Balaban J connectivity index is 2.36. The minimum absolute atomic E-state index is 0.368. The maximum atomic E-state index is 4.47. The number of hydrogen-bond acceptors (Lipinski definition) is 2. The van der Waals surface area contributed by atoms with Crippen LogP contribution in [0.15, 0.2) is 18.2 Å². The van der Waals surface area contributed by atoms with Gasteiger partial charge in [-0.2, -0.15) is 0 Å². The number of nitrogens with one attached hydrogen (secondary N) is 1. The molecular weight excluding hydrogens is 196 g/mol. The SMILES string of the molecule is Cc1cccc(CNCC(C)C(C)(C)C)n1. The van der Waals surface area contributed by atoms with Gasteiger partial charge in [-0.15, -0.1) is 0 Å². The van der Waals surface area contributed by atoms with Crippen LogP contribution in [-0.4, -0.2) is 11.5 Å². The molecule has 1 aromatic heterocycles.